The first-order chi connectivity index (χ1) is 7.74. The maximum absolute atomic E-state index is 9.34. The van der Waals surface area contributed by atoms with E-state index < -0.39 is 5.41 Å². The van der Waals surface area contributed by atoms with Crippen LogP contribution >= 0.6 is 0 Å². The molecule has 0 atom stereocenters. The van der Waals surface area contributed by atoms with Gasteiger partial charge in [0.05, 0.1) is 58.3 Å². The lowest BCUT2D eigenvalue weighted by Gasteiger charge is -2.30. The Bertz CT molecular complexity index is 142. The van der Waals surface area contributed by atoms with Crippen molar-refractivity contribution in [1.29, 1.82) is 0 Å². The van der Waals surface area contributed by atoms with Crippen LogP contribution < -0.4 is 0 Å². The molecule has 6 heteroatoms. The van der Waals surface area contributed by atoms with E-state index in [-0.39, 0.29) is 46.2 Å². The summed E-state index contributed by atoms with van der Waals surface area (Å²) in [5.41, 5.74) is -0.640. The zero-order valence-corrected chi connectivity index (χ0v) is 9.72. The molecule has 0 bridgehead atoms. The predicted molar refractivity (Wildman–Crippen MR) is 57.2 cm³/mol. The minimum Gasteiger partial charge on any atom is -0.396 e. The molecular formula is C10H22O6. The zero-order valence-electron chi connectivity index (χ0n) is 9.72. The normalized spacial score (nSPS) is 12.0. The van der Waals surface area contributed by atoms with Crippen LogP contribution in [0.1, 0.15) is 0 Å². The van der Waals surface area contributed by atoms with Crippen LogP contribution in [-0.4, -0.2) is 75.3 Å². The van der Waals surface area contributed by atoms with Gasteiger partial charge in [-0.25, -0.2) is 0 Å². The van der Waals surface area contributed by atoms with Crippen molar-refractivity contribution < 1.29 is 29.5 Å². The van der Waals surface area contributed by atoms with Crippen LogP contribution in [0.3, 0.4) is 0 Å². The van der Waals surface area contributed by atoms with Crippen LogP contribution in [-0.2, 0) is 14.2 Å². The molecule has 0 saturated heterocycles. The predicted octanol–water partition coefficient (Wildman–Crippen LogP) is -1.37. The second-order valence-corrected chi connectivity index (χ2v) is 3.64. The Balaban J connectivity index is 4.09. The SMILES string of the molecule is COCC(CO)(COCCO)COCCO. The number of aliphatic hydroxyl groups is 3. The molecule has 0 aromatic carbocycles. The lowest BCUT2D eigenvalue weighted by Crippen LogP contribution is -2.41. The molecule has 16 heavy (non-hydrogen) atoms. The number of hydrogen-bond acceptors (Lipinski definition) is 6. The topological polar surface area (TPSA) is 88.4 Å². The third kappa shape index (κ3) is 6.37. The molecule has 6 nitrogen and oxygen atoms in total. The molecule has 0 aliphatic carbocycles. The van der Waals surface area contributed by atoms with Gasteiger partial charge >= 0.3 is 0 Å². The highest BCUT2D eigenvalue weighted by atomic mass is 16.5. The van der Waals surface area contributed by atoms with Gasteiger partial charge in [0.25, 0.3) is 0 Å². The van der Waals surface area contributed by atoms with Crippen molar-refractivity contribution in [1.82, 2.24) is 0 Å². The van der Waals surface area contributed by atoms with E-state index in [1.54, 1.807) is 0 Å². The summed E-state index contributed by atoms with van der Waals surface area (Å²) in [6.45, 7) is 0.930. The van der Waals surface area contributed by atoms with Crippen LogP contribution in [0.4, 0.5) is 0 Å². The number of methoxy groups -OCH3 is 1. The molecule has 0 aliphatic rings. The average Bonchev–Trinajstić information content (AvgIpc) is 2.29. The minimum absolute atomic E-state index is 0.0635. The Morgan fingerprint density at radius 1 is 0.875 bits per heavy atom. The fraction of sp³-hybridized carbons (Fsp3) is 1.00. The molecule has 0 rings (SSSR count). The van der Waals surface area contributed by atoms with Gasteiger partial charge in [-0.1, -0.05) is 0 Å². The second-order valence-electron chi connectivity index (χ2n) is 3.64. The third-order valence-electron chi connectivity index (χ3n) is 2.07. The standard InChI is InChI=1S/C10H22O6/c1-14-7-10(6-13,8-15-4-2-11)9-16-5-3-12/h11-13H,2-9H2,1H3. The lowest BCUT2D eigenvalue weighted by atomic mass is 9.92. The van der Waals surface area contributed by atoms with Crippen LogP contribution in [0.15, 0.2) is 0 Å². The first-order valence-electron chi connectivity index (χ1n) is 5.21. The van der Waals surface area contributed by atoms with Crippen molar-refractivity contribution in [2.45, 2.75) is 0 Å². The number of aliphatic hydroxyl groups excluding tert-OH is 3. The number of ether oxygens (including phenoxy) is 3. The highest BCUT2D eigenvalue weighted by Gasteiger charge is 2.30. The molecule has 0 aromatic rings. The first-order valence-corrected chi connectivity index (χ1v) is 5.21. The summed E-state index contributed by atoms with van der Waals surface area (Å²) >= 11 is 0. The summed E-state index contributed by atoms with van der Waals surface area (Å²) in [4.78, 5) is 0. The summed E-state index contributed by atoms with van der Waals surface area (Å²) in [7, 11) is 1.53. The van der Waals surface area contributed by atoms with E-state index in [1.807, 2.05) is 0 Å². The van der Waals surface area contributed by atoms with Crippen molar-refractivity contribution in [2.75, 3.05) is 60.0 Å². The largest absolute Gasteiger partial charge is 0.396 e. The zero-order chi connectivity index (χ0) is 12.3. The van der Waals surface area contributed by atoms with Crippen molar-refractivity contribution >= 4 is 0 Å². The molecular weight excluding hydrogens is 216 g/mol. The van der Waals surface area contributed by atoms with Crippen LogP contribution in [0, 0.1) is 5.41 Å². The molecule has 0 amide bonds. The van der Waals surface area contributed by atoms with E-state index in [0.717, 1.165) is 0 Å². The molecule has 0 heterocycles. The lowest BCUT2D eigenvalue weighted by molar-refractivity contribution is -0.0911. The van der Waals surface area contributed by atoms with Crippen molar-refractivity contribution in [3.63, 3.8) is 0 Å². The van der Waals surface area contributed by atoms with Gasteiger partial charge in [-0.3, -0.25) is 0 Å². The van der Waals surface area contributed by atoms with Gasteiger partial charge in [0.2, 0.25) is 0 Å². The van der Waals surface area contributed by atoms with Gasteiger partial charge in [0.15, 0.2) is 0 Å². The maximum atomic E-state index is 9.34. The Kier molecular flexibility index (Phi) is 9.80. The molecule has 98 valence electrons. The Morgan fingerprint density at radius 2 is 1.38 bits per heavy atom. The maximum Gasteiger partial charge on any atom is 0.0698 e. The van der Waals surface area contributed by atoms with Gasteiger partial charge in [-0.2, -0.15) is 0 Å². The van der Waals surface area contributed by atoms with E-state index in [1.165, 1.54) is 7.11 Å². The molecule has 0 aromatic heterocycles. The van der Waals surface area contributed by atoms with Crippen LogP contribution in [0.2, 0.25) is 0 Å². The van der Waals surface area contributed by atoms with Gasteiger partial charge in [0.1, 0.15) is 0 Å². The van der Waals surface area contributed by atoms with Gasteiger partial charge in [-0.15, -0.1) is 0 Å². The molecule has 0 fully saturated rings. The molecule has 0 unspecified atom stereocenters. The summed E-state index contributed by atoms with van der Waals surface area (Å²) in [6, 6.07) is 0. The summed E-state index contributed by atoms with van der Waals surface area (Å²) < 4.78 is 15.4. The quantitative estimate of drug-likeness (QED) is 0.385. The van der Waals surface area contributed by atoms with Crippen LogP contribution in [0.25, 0.3) is 0 Å². The molecule has 0 spiro atoms. The molecule has 3 N–H and O–H groups in total. The molecule has 0 radical (unpaired) electrons. The molecule has 0 aliphatic heterocycles. The first kappa shape index (κ1) is 15.8. The summed E-state index contributed by atoms with van der Waals surface area (Å²) in [6.07, 6.45) is 0. The Labute approximate surface area is 95.7 Å². The van der Waals surface area contributed by atoms with E-state index >= 15 is 0 Å². The van der Waals surface area contributed by atoms with E-state index in [0.29, 0.717) is 6.61 Å². The van der Waals surface area contributed by atoms with Crippen molar-refractivity contribution in [3.8, 4) is 0 Å². The van der Waals surface area contributed by atoms with E-state index in [2.05, 4.69) is 0 Å². The fourth-order valence-electron chi connectivity index (χ4n) is 1.27. The minimum atomic E-state index is -0.640. The fourth-order valence-corrected chi connectivity index (χ4v) is 1.27. The summed E-state index contributed by atoms with van der Waals surface area (Å²) in [5, 5.41) is 26.5. The monoisotopic (exact) mass is 238 g/mol. The average molecular weight is 238 g/mol. The Morgan fingerprint density at radius 3 is 1.69 bits per heavy atom. The smallest absolute Gasteiger partial charge is 0.0698 e. The van der Waals surface area contributed by atoms with Gasteiger partial charge in [-0.05, 0) is 0 Å². The third-order valence-corrected chi connectivity index (χ3v) is 2.07. The Hall–Kier alpha value is -0.240. The van der Waals surface area contributed by atoms with Crippen molar-refractivity contribution in [2.24, 2.45) is 5.41 Å². The summed E-state index contributed by atoms with van der Waals surface area (Å²) in [5.74, 6) is 0. The number of rotatable bonds is 11. The van der Waals surface area contributed by atoms with E-state index in [4.69, 9.17) is 24.4 Å². The van der Waals surface area contributed by atoms with Gasteiger partial charge in [0, 0.05) is 7.11 Å². The van der Waals surface area contributed by atoms with Gasteiger partial charge < -0.3 is 29.5 Å². The number of hydrogen-bond donors (Lipinski definition) is 3. The van der Waals surface area contributed by atoms with Crippen molar-refractivity contribution in [3.05, 3.63) is 0 Å². The molecule has 0 saturated carbocycles. The van der Waals surface area contributed by atoms with Crippen LogP contribution in [0.5, 0.6) is 0 Å². The van der Waals surface area contributed by atoms with E-state index in [9.17, 15) is 5.11 Å². The second kappa shape index (κ2) is 9.95. The highest BCUT2D eigenvalue weighted by molar-refractivity contribution is 4.78. The highest BCUT2D eigenvalue weighted by Crippen LogP contribution is 2.18.